The van der Waals surface area contributed by atoms with Gasteiger partial charge in [-0.3, -0.25) is 0 Å². The number of hydrogen-bond donors (Lipinski definition) is 0. The Morgan fingerprint density at radius 1 is 0.526 bits per heavy atom. The van der Waals surface area contributed by atoms with Crippen molar-refractivity contribution in [3.63, 3.8) is 0 Å². The van der Waals surface area contributed by atoms with Gasteiger partial charge in [-0.25, -0.2) is 0 Å². The topological polar surface area (TPSA) is 16.4 Å². The highest BCUT2D eigenvalue weighted by Crippen LogP contribution is 2.63. The summed E-state index contributed by atoms with van der Waals surface area (Å²) < 4.78 is 6.85. The summed E-state index contributed by atoms with van der Waals surface area (Å²) in [6.45, 7) is 9.66. The first-order valence-electron chi connectivity index (χ1n) is 20.8. The van der Waals surface area contributed by atoms with Gasteiger partial charge in [-0.2, -0.15) is 0 Å². The Bertz CT molecular complexity index is 2980. The van der Waals surface area contributed by atoms with E-state index in [-0.39, 0.29) is 10.8 Å². The summed E-state index contributed by atoms with van der Waals surface area (Å²) in [7, 11) is 0. The quantitative estimate of drug-likeness (QED) is 0.180. The standard InChI is InChI=1S/C55H45NO/c1-53(2)42-20-8-5-16-36(42)38-30-28-34(32-48(38)53)56(50-26-15-19-41-40-18-7-14-27-51(40)57-52(41)50)35-29-31-39-37-17-6-9-21-43(37)55(49(39)33-35)46-24-12-10-22-44(46)54(3,4)45-23-11-13-25-47(45)55/h6-15,17-27,29,31-33H,5,16,28,30H2,1-4H3. The van der Waals surface area contributed by atoms with Crippen molar-refractivity contribution >= 4 is 33.3 Å². The number of allylic oxidation sites excluding steroid dienone is 8. The molecule has 7 aromatic rings. The van der Waals surface area contributed by atoms with E-state index in [1.165, 1.54) is 61.4 Å². The molecule has 0 atom stereocenters. The lowest BCUT2D eigenvalue weighted by Gasteiger charge is -2.46. The first kappa shape index (κ1) is 33.1. The van der Waals surface area contributed by atoms with Crippen LogP contribution in [0.25, 0.3) is 33.1 Å². The maximum absolute atomic E-state index is 6.85. The van der Waals surface area contributed by atoms with Gasteiger partial charge in [0.1, 0.15) is 5.58 Å². The lowest BCUT2D eigenvalue weighted by Crippen LogP contribution is -2.40. The largest absolute Gasteiger partial charge is 0.454 e. The van der Waals surface area contributed by atoms with Crippen LogP contribution < -0.4 is 4.90 Å². The second kappa shape index (κ2) is 11.5. The number of rotatable bonds is 3. The predicted molar refractivity (Wildman–Crippen MR) is 235 cm³/mol. The molecule has 1 spiro atoms. The molecule has 5 aliphatic rings. The monoisotopic (exact) mass is 735 g/mol. The van der Waals surface area contributed by atoms with Crippen LogP contribution in [-0.4, -0.2) is 0 Å². The Hall–Kier alpha value is -6.12. The number of para-hydroxylation sites is 2. The Morgan fingerprint density at radius 2 is 1.18 bits per heavy atom. The van der Waals surface area contributed by atoms with E-state index in [1.54, 1.807) is 11.1 Å². The van der Waals surface area contributed by atoms with Gasteiger partial charge < -0.3 is 9.32 Å². The van der Waals surface area contributed by atoms with E-state index in [4.69, 9.17) is 4.42 Å². The van der Waals surface area contributed by atoms with Crippen LogP contribution in [0.5, 0.6) is 0 Å². The van der Waals surface area contributed by atoms with E-state index in [0.717, 1.165) is 59.0 Å². The lowest BCUT2D eigenvalue weighted by molar-refractivity contribution is 0.563. The van der Waals surface area contributed by atoms with Crippen molar-refractivity contribution in [2.45, 2.75) is 64.2 Å². The molecular weight excluding hydrogens is 691 g/mol. The van der Waals surface area contributed by atoms with Gasteiger partial charge in [-0.1, -0.05) is 149 Å². The summed E-state index contributed by atoms with van der Waals surface area (Å²) in [6.07, 6.45) is 11.6. The Kier molecular flexibility index (Phi) is 6.66. The average molecular weight is 736 g/mol. The van der Waals surface area contributed by atoms with Crippen molar-refractivity contribution in [3.05, 3.63) is 213 Å². The van der Waals surface area contributed by atoms with Crippen LogP contribution in [0.3, 0.4) is 0 Å². The molecule has 0 aliphatic heterocycles. The van der Waals surface area contributed by atoms with Crippen molar-refractivity contribution in [2.75, 3.05) is 4.90 Å². The average Bonchev–Trinajstić information content (AvgIpc) is 3.85. The van der Waals surface area contributed by atoms with E-state index in [2.05, 4.69) is 184 Å². The fourth-order valence-electron chi connectivity index (χ4n) is 11.8. The molecule has 0 saturated carbocycles. The summed E-state index contributed by atoms with van der Waals surface area (Å²) in [5.74, 6) is 0. The zero-order valence-electron chi connectivity index (χ0n) is 33.1. The van der Waals surface area contributed by atoms with Crippen molar-refractivity contribution in [1.29, 1.82) is 0 Å². The van der Waals surface area contributed by atoms with Crippen molar-refractivity contribution in [3.8, 4) is 11.1 Å². The molecule has 12 rings (SSSR count). The SMILES string of the molecule is CC1(C)C2=C(CCC=C2)C2=C1C=C(N(c1ccc3c(c1)C1(c4ccccc4-3)c3ccccc3C(C)(C)c3ccccc31)c1cccc3c1oc1ccccc13)CC2. The molecule has 5 aliphatic carbocycles. The Morgan fingerprint density at radius 3 is 1.96 bits per heavy atom. The Labute approximate surface area is 335 Å². The number of hydrogen-bond acceptors (Lipinski definition) is 2. The highest BCUT2D eigenvalue weighted by atomic mass is 16.3. The third kappa shape index (κ3) is 4.21. The van der Waals surface area contributed by atoms with Crippen molar-refractivity contribution in [1.82, 2.24) is 0 Å². The second-order valence-electron chi connectivity index (χ2n) is 17.8. The first-order chi connectivity index (χ1) is 27.8. The fourth-order valence-corrected chi connectivity index (χ4v) is 11.8. The van der Waals surface area contributed by atoms with Gasteiger partial charge in [-0.05, 0) is 123 Å². The summed E-state index contributed by atoms with van der Waals surface area (Å²) >= 11 is 0. The molecule has 0 N–H and O–H groups in total. The second-order valence-corrected chi connectivity index (χ2v) is 17.8. The molecule has 0 bridgehead atoms. The predicted octanol–water partition coefficient (Wildman–Crippen LogP) is 14.4. The molecule has 0 radical (unpaired) electrons. The van der Waals surface area contributed by atoms with Crippen LogP contribution in [0.1, 0.15) is 86.8 Å². The molecule has 1 aromatic heterocycles. The van der Waals surface area contributed by atoms with Crippen molar-refractivity contribution < 1.29 is 4.42 Å². The van der Waals surface area contributed by atoms with Gasteiger partial charge in [0.05, 0.1) is 11.1 Å². The number of furan rings is 1. The van der Waals surface area contributed by atoms with Crippen LogP contribution in [0.15, 0.2) is 184 Å². The molecule has 2 nitrogen and oxygen atoms in total. The zero-order valence-corrected chi connectivity index (χ0v) is 33.1. The highest BCUT2D eigenvalue weighted by Gasteiger charge is 2.53. The third-order valence-electron chi connectivity index (χ3n) is 14.4. The summed E-state index contributed by atoms with van der Waals surface area (Å²) in [5, 5.41) is 2.30. The van der Waals surface area contributed by atoms with Gasteiger partial charge >= 0.3 is 0 Å². The Balaban J connectivity index is 1.15. The molecule has 57 heavy (non-hydrogen) atoms. The molecule has 2 heteroatoms. The zero-order chi connectivity index (χ0) is 38.3. The van der Waals surface area contributed by atoms with E-state index in [0.29, 0.717) is 0 Å². The van der Waals surface area contributed by atoms with Gasteiger partial charge in [0.15, 0.2) is 5.58 Å². The third-order valence-corrected chi connectivity index (χ3v) is 14.4. The van der Waals surface area contributed by atoms with Crippen LogP contribution in [0.2, 0.25) is 0 Å². The minimum atomic E-state index is -0.471. The van der Waals surface area contributed by atoms with Gasteiger partial charge in [-0.15, -0.1) is 0 Å². The van der Waals surface area contributed by atoms with Gasteiger partial charge in [0, 0.05) is 33.0 Å². The maximum Gasteiger partial charge on any atom is 0.159 e. The van der Waals surface area contributed by atoms with Crippen LogP contribution in [-0.2, 0) is 10.8 Å². The van der Waals surface area contributed by atoms with Crippen LogP contribution in [0.4, 0.5) is 11.4 Å². The van der Waals surface area contributed by atoms with Crippen LogP contribution >= 0.6 is 0 Å². The summed E-state index contributed by atoms with van der Waals surface area (Å²) in [5.41, 5.74) is 21.8. The minimum absolute atomic E-state index is 0.0454. The summed E-state index contributed by atoms with van der Waals surface area (Å²) in [4.78, 5) is 2.55. The fraction of sp³-hybridized carbons (Fsp3) is 0.200. The molecule has 6 aromatic carbocycles. The number of benzene rings is 6. The number of nitrogens with zero attached hydrogens (tertiary/aromatic N) is 1. The molecule has 0 amide bonds. The molecular formula is C55H45NO. The van der Waals surface area contributed by atoms with Crippen LogP contribution in [0, 0.1) is 5.41 Å². The first-order valence-corrected chi connectivity index (χ1v) is 20.8. The van der Waals surface area contributed by atoms with E-state index < -0.39 is 5.41 Å². The lowest BCUT2D eigenvalue weighted by atomic mass is 9.55. The smallest absolute Gasteiger partial charge is 0.159 e. The summed E-state index contributed by atoms with van der Waals surface area (Å²) in [6, 6.07) is 50.1. The van der Waals surface area contributed by atoms with Gasteiger partial charge in [0.2, 0.25) is 0 Å². The van der Waals surface area contributed by atoms with E-state index in [9.17, 15) is 0 Å². The van der Waals surface area contributed by atoms with E-state index in [1.807, 2.05) is 0 Å². The maximum atomic E-state index is 6.85. The number of anilines is 2. The van der Waals surface area contributed by atoms with Crippen molar-refractivity contribution in [2.24, 2.45) is 5.41 Å². The molecule has 0 fully saturated rings. The molecule has 276 valence electrons. The van der Waals surface area contributed by atoms with E-state index >= 15 is 0 Å². The molecule has 1 heterocycles. The molecule has 0 unspecified atom stereocenters. The normalized spacial score (nSPS) is 18.9. The van der Waals surface area contributed by atoms with Gasteiger partial charge in [0.25, 0.3) is 0 Å². The number of fused-ring (bicyclic) bond motifs is 13. The highest BCUT2D eigenvalue weighted by molar-refractivity contribution is 6.10. The molecule has 0 saturated heterocycles. The minimum Gasteiger partial charge on any atom is -0.454 e.